The predicted octanol–water partition coefficient (Wildman–Crippen LogP) is 2.13. The summed E-state index contributed by atoms with van der Waals surface area (Å²) in [6.07, 6.45) is 1.70. The summed E-state index contributed by atoms with van der Waals surface area (Å²) < 4.78 is 3.07. The van der Waals surface area contributed by atoms with Gasteiger partial charge in [0.05, 0.1) is 17.3 Å². The average molecular weight is 392 g/mol. The Morgan fingerprint density at radius 3 is 2.69 bits per heavy atom. The molecule has 1 fully saturated rings. The van der Waals surface area contributed by atoms with Gasteiger partial charge in [0.15, 0.2) is 0 Å². The van der Waals surface area contributed by atoms with E-state index in [0.29, 0.717) is 12.4 Å². The van der Waals surface area contributed by atoms with Crippen molar-refractivity contribution in [3.63, 3.8) is 0 Å². The highest BCUT2D eigenvalue weighted by Crippen LogP contribution is 2.23. The number of benzene rings is 1. The van der Waals surface area contributed by atoms with Crippen LogP contribution < -0.4 is 15.8 Å². The normalized spacial score (nSPS) is 16.6. The molecule has 8 nitrogen and oxygen atoms in total. The molecule has 3 heterocycles. The molecule has 0 aliphatic carbocycles. The molecular weight excluding hydrogens is 368 g/mol. The first-order valence-electron chi connectivity index (χ1n) is 9.73. The minimum atomic E-state index is -0.165. The number of piperidine rings is 1. The topological polar surface area (TPSA) is 85.0 Å². The van der Waals surface area contributed by atoms with Crippen molar-refractivity contribution < 1.29 is 4.79 Å². The molecule has 29 heavy (non-hydrogen) atoms. The maximum atomic E-state index is 13.0. The SMILES string of the molecule is Cc1cc(NC(=O)[C@H]2CCCN(c3ccc(=O)n(C)n3)C2)n(-c2ccccc2)n1. The van der Waals surface area contributed by atoms with E-state index in [1.54, 1.807) is 17.8 Å². The van der Waals surface area contributed by atoms with Crippen molar-refractivity contribution in [1.82, 2.24) is 19.6 Å². The van der Waals surface area contributed by atoms with E-state index < -0.39 is 0 Å². The zero-order valence-electron chi connectivity index (χ0n) is 16.6. The summed E-state index contributed by atoms with van der Waals surface area (Å²) >= 11 is 0. The van der Waals surface area contributed by atoms with Gasteiger partial charge in [-0.15, -0.1) is 0 Å². The van der Waals surface area contributed by atoms with Crippen LogP contribution >= 0.6 is 0 Å². The standard InChI is InChI=1S/C21H24N6O2/c1-15-13-19(27(23-15)17-8-4-3-5-9-17)22-21(29)16-7-6-12-26(14-16)18-10-11-20(28)25(2)24-18/h3-5,8-11,13,16H,6-7,12,14H2,1-2H3,(H,22,29)/t16-/m0/s1. The Morgan fingerprint density at radius 2 is 1.93 bits per heavy atom. The molecule has 0 bridgehead atoms. The van der Waals surface area contributed by atoms with Gasteiger partial charge in [0, 0.05) is 32.3 Å². The van der Waals surface area contributed by atoms with E-state index >= 15 is 0 Å². The first-order valence-corrected chi connectivity index (χ1v) is 9.73. The lowest BCUT2D eigenvalue weighted by Crippen LogP contribution is -2.42. The molecule has 1 aliphatic rings. The van der Waals surface area contributed by atoms with Crippen molar-refractivity contribution in [3.05, 3.63) is 64.6 Å². The number of aryl methyl sites for hydroxylation is 2. The largest absolute Gasteiger partial charge is 0.354 e. The summed E-state index contributed by atoms with van der Waals surface area (Å²) in [6.45, 7) is 3.29. The molecule has 1 aromatic carbocycles. The summed E-state index contributed by atoms with van der Waals surface area (Å²) in [6, 6.07) is 14.8. The first-order chi connectivity index (χ1) is 14.0. The van der Waals surface area contributed by atoms with E-state index in [1.807, 2.05) is 43.3 Å². The summed E-state index contributed by atoms with van der Waals surface area (Å²) in [5.74, 6) is 1.18. The van der Waals surface area contributed by atoms with Gasteiger partial charge < -0.3 is 10.2 Å². The van der Waals surface area contributed by atoms with Crippen LogP contribution in [0.2, 0.25) is 0 Å². The van der Waals surface area contributed by atoms with Gasteiger partial charge in [-0.25, -0.2) is 9.36 Å². The van der Waals surface area contributed by atoms with Gasteiger partial charge in [-0.1, -0.05) is 18.2 Å². The van der Waals surface area contributed by atoms with Crippen LogP contribution in [0, 0.1) is 12.8 Å². The van der Waals surface area contributed by atoms with Crippen LogP contribution in [0.3, 0.4) is 0 Å². The number of carbonyl (C=O) groups is 1. The van der Waals surface area contributed by atoms with E-state index in [2.05, 4.69) is 20.4 Å². The monoisotopic (exact) mass is 392 g/mol. The Balaban J connectivity index is 1.50. The molecule has 1 amide bonds. The third-order valence-electron chi connectivity index (χ3n) is 5.15. The molecule has 1 saturated heterocycles. The van der Waals surface area contributed by atoms with Gasteiger partial charge in [-0.2, -0.15) is 10.2 Å². The van der Waals surface area contributed by atoms with Crippen LogP contribution in [0.5, 0.6) is 0 Å². The van der Waals surface area contributed by atoms with Gasteiger partial charge in [-0.3, -0.25) is 9.59 Å². The molecule has 0 unspecified atom stereocenters. The van der Waals surface area contributed by atoms with Crippen LogP contribution in [-0.4, -0.2) is 38.6 Å². The number of hydrogen-bond donors (Lipinski definition) is 1. The molecule has 0 saturated carbocycles. The highest BCUT2D eigenvalue weighted by Gasteiger charge is 2.27. The maximum absolute atomic E-state index is 13.0. The van der Waals surface area contributed by atoms with Crippen molar-refractivity contribution in [3.8, 4) is 5.69 Å². The van der Waals surface area contributed by atoms with E-state index in [1.165, 1.54) is 10.7 Å². The second-order valence-corrected chi connectivity index (χ2v) is 7.35. The zero-order valence-corrected chi connectivity index (χ0v) is 16.6. The summed E-state index contributed by atoms with van der Waals surface area (Å²) in [5.41, 5.74) is 1.59. The van der Waals surface area contributed by atoms with Crippen LogP contribution in [0.15, 0.2) is 53.3 Å². The van der Waals surface area contributed by atoms with E-state index in [4.69, 9.17) is 0 Å². The summed E-state index contributed by atoms with van der Waals surface area (Å²) in [5, 5.41) is 11.9. The Labute approximate surface area is 168 Å². The predicted molar refractivity (Wildman–Crippen MR) is 111 cm³/mol. The molecule has 0 spiro atoms. The third-order valence-corrected chi connectivity index (χ3v) is 5.15. The van der Waals surface area contributed by atoms with Gasteiger partial charge in [0.2, 0.25) is 5.91 Å². The highest BCUT2D eigenvalue weighted by atomic mass is 16.2. The molecular formula is C21H24N6O2. The number of carbonyl (C=O) groups excluding carboxylic acids is 1. The number of aromatic nitrogens is 4. The second-order valence-electron chi connectivity index (χ2n) is 7.35. The fourth-order valence-corrected chi connectivity index (χ4v) is 3.64. The minimum Gasteiger partial charge on any atom is -0.354 e. The third kappa shape index (κ3) is 4.06. The number of nitrogens with zero attached hydrogens (tertiary/aromatic N) is 5. The molecule has 1 atom stereocenters. The Kier molecular flexibility index (Phi) is 5.16. The van der Waals surface area contributed by atoms with Crippen molar-refractivity contribution in [1.29, 1.82) is 0 Å². The number of rotatable bonds is 4. The maximum Gasteiger partial charge on any atom is 0.266 e. The molecule has 150 valence electrons. The second kappa shape index (κ2) is 7.90. The van der Waals surface area contributed by atoms with Crippen LogP contribution in [0.4, 0.5) is 11.6 Å². The molecule has 3 aromatic rings. The lowest BCUT2D eigenvalue weighted by atomic mass is 9.97. The van der Waals surface area contributed by atoms with Crippen molar-refractivity contribution in [2.75, 3.05) is 23.3 Å². The Morgan fingerprint density at radius 1 is 1.14 bits per heavy atom. The number of para-hydroxylation sites is 1. The quantitative estimate of drug-likeness (QED) is 0.735. The number of anilines is 2. The van der Waals surface area contributed by atoms with Gasteiger partial charge >= 0.3 is 0 Å². The lowest BCUT2D eigenvalue weighted by molar-refractivity contribution is -0.120. The zero-order chi connectivity index (χ0) is 20.4. The van der Waals surface area contributed by atoms with Gasteiger partial charge in [0.25, 0.3) is 5.56 Å². The number of nitrogens with one attached hydrogen (secondary N) is 1. The van der Waals surface area contributed by atoms with Crippen molar-refractivity contribution in [2.45, 2.75) is 19.8 Å². The minimum absolute atomic E-state index is 0.0309. The van der Waals surface area contributed by atoms with E-state index in [9.17, 15) is 9.59 Å². The fraction of sp³-hybridized carbons (Fsp3) is 0.333. The lowest BCUT2D eigenvalue weighted by Gasteiger charge is -2.32. The molecule has 1 N–H and O–H groups in total. The van der Waals surface area contributed by atoms with Crippen LogP contribution in [0.1, 0.15) is 18.5 Å². The Hall–Kier alpha value is -3.42. The fourth-order valence-electron chi connectivity index (χ4n) is 3.64. The van der Waals surface area contributed by atoms with Gasteiger partial charge in [-0.05, 0) is 38.0 Å². The van der Waals surface area contributed by atoms with Crippen LogP contribution in [0.25, 0.3) is 5.69 Å². The smallest absolute Gasteiger partial charge is 0.266 e. The molecule has 1 aliphatic heterocycles. The molecule has 8 heteroatoms. The first kappa shape index (κ1) is 18.9. The molecule has 2 aromatic heterocycles. The Bertz CT molecular complexity index is 1070. The number of amides is 1. The molecule has 4 rings (SSSR count). The van der Waals surface area contributed by atoms with Gasteiger partial charge in [0.1, 0.15) is 11.6 Å². The van der Waals surface area contributed by atoms with Crippen LogP contribution in [-0.2, 0) is 11.8 Å². The average Bonchev–Trinajstić information content (AvgIpc) is 3.11. The number of hydrogen-bond acceptors (Lipinski definition) is 5. The summed E-state index contributed by atoms with van der Waals surface area (Å²) in [7, 11) is 1.63. The summed E-state index contributed by atoms with van der Waals surface area (Å²) in [4.78, 5) is 26.7. The van der Waals surface area contributed by atoms with E-state index in [0.717, 1.165) is 36.6 Å². The molecule has 0 radical (unpaired) electrons. The van der Waals surface area contributed by atoms with Crippen molar-refractivity contribution >= 4 is 17.5 Å². The van der Waals surface area contributed by atoms with Crippen molar-refractivity contribution in [2.24, 2.45) is 13.0 Å². The van der Waals surface area contributed by atoms with E-state index in [-0.39, 0.29) is 17.4 Å². The highest BCUT2D eigenvalue weighted by molar-refractivity contribution is 5.92.